The average molecular weight is 249 g/mol. The summed E-state index contributed by atoms with van der Waals surface area (Å²) in [4.78, 5) is 7.32. The zero-order valence-electron chi connectivity index (χ0n) is 9.77. The van der Waals surface area contributed by atoms with Crippen molar-refractivity contribution < 1.29 is 4.74 Å². The van der Waals surface area contributed by atoms with Crippen LogP contribution in [0, 0.1) is 4.77 Å². The Morgan fingerprint density at radius 1 is 1.59 bits per heavy atom. The van der Waals surface area contributed by atoms with Gasteiger partial charge in [-0.25, -0.2) is 0 Å². The molecule has 1 aliphatic heterocycles. The van der Waals surface area contributed by atoms with Crippen LogP contribution >= 0.6 is 12.2 Å². The third-order valence-electron chi connectivity index (χ3n) is 3.44. The van der Waals surface area contributed by atoms with Crippen LogP contribution in [0.3, 0.4) is 0 Å². The van der Waals surface area contributed by atoms with Gasteiger partial charge in [0.05, 0.1) is 29.4 Å². The number of nitrogens with zero attached hydrogens (tertiary/aromatic N) is 2. The highest BCUT2D eigenvalue weighted by Gasteiger charge is 2.31. The van der Waals surface area contributed by atoms with Crippen molar-refractivity contribution in [1.29, 1.82) is 0 Å². The molecule has 0 radical (unpaired) electrons. The molecule has 1 N–H and O–H groups in total. The number of pyridine rings is 1. The third kappa shape index (κ3) is 1.70. The molecule has 0 spiro atoms. The van der Waals surface area contributed by atoms with Crippen LogP contribution in [0.15, 0.2) is 18.5 Å². The Kier molecular flexibility index (Phi) is 2.52. The van der Waals surface area contributed by atoms with Crippen molar-refractivity contribution in [2.45, 2.75) is 25.3 Å². The summed E-state index contributed by atoms with van der Waals surface area (Å²) >= 11 is 5.43. The third-order valence-corrected chi connectivity index (χ3v) is 3.73. The average Bonchev–Trinajstić information content (AvgIpc) is 2.66. The van der Waals surface area contributed by atoms with E-state index in [0.29, 0.717) is 0 Å². The summed E-state index contributed by atoms with van der Waals surface area (Å²) < 4.78 is 8.55. The van der Waals surface area contributed by atoms with E-state index in [1.54, 1.807) is 6.20 Å². The topological polar surface area (TPSA) is 42.8 Å². The lowest BCUT2D eigenvalue weighted by atomic mass is 9.94. The van der Waals surface area contributed by atoms with Crippen LogP contribution < -0.4 is 0 Å². The molecule has 4 nitrogen and oxygen atoms in total. The number of aromatic nitrogens is 3. The van der Waals surface area contributed by atoms with Crippen molar-refractivity contribution >= 4 is 23.3 Å². The molecule has 5 heteroatoms. The lowest BCUT2D eigenvalue weighted by Gasteiger charge is -2.35. The van der Waals surface area contributed by atoms with Gasteiger partial charge in [-0.3, -0.25) is 4.98 Å². The summed E-state index contributed by atoms with van der Waals surface area (Å²) in [5, 5.41) is 0. The second kappa shape index (κ2) is 3.92. The van der Waals surface area contributed by atoms with Gasteiger partial charge < -0.3 is 14.3 Å². The molecule has 1 saturated heterocycles. The van der Waals surface area contributed by atoms with E-state index in [-0.39, 0.29) is 5.54 Å². The van der Waals surface area contributed by atoms with Gasteiger partial charge in [-0.05, 0) is 38.0 Å². The molecule has 3 heterocycles. The second-order valence-corrected chi connectivity index (χ2v) is 5.20. The molecule has 0 aromatic carbocycles. The number of hydrogen-bond donors (Lipinski definition) is 1. The fraction of sp³-hybridized carbons (Fsp3) is 0.500. The zero-order chi connectivity index (χ0) is 11.9. The first-order chi connectivity index (χ1) is 8.21. The smallest absolute Gasteiger partial charge is 0.178 e. The molecular weight excluding hydrogens is 234 g/mol. The monoisotopic (exact) mass is 249 g/mol. The van der Waals surface area contributed by atoms with Crippen LogP contribution in [0.2, 0.25) is 0 Å². The number of nitrogens with one attached hydrogen (secondary N) is 1. The minimum Gasteiger partial charge on any atom is -0.379 e. The summed E-state index contributed by atoms with van der Waals surface area (Å²) in [6.45, 7) is 3.78. The summed E-state index contributed by atoms with van der Waals surface area (Å²) in [7, 11) is 0. The Morgan fingerprint density at radius 3 is 3.24 bits per heavy atom. The molecule has 17 heavy (non-hydrogen) atoms. The molecule has 1 aliphatic rings. The number of H-pyrrole nitrogens is 1. The fourth-order valence-corrected chi connectivity index (χ4v) is 3.02. The van der Waals surface area contributed by atoms with Crippen molar-refractivity contribution in [3.05, 3.63) is 23.2 Å². The highest BCUT2D eigenvalue weighted by Crippen LogP contribution is 2.30. The van der Waals surface area contributed by atoms with E-state index in [4.69, 9.17) is 17.0 Å². The van der Waals surface area contributed by atoms with Gasteiger partial charge in [-0.1, -0.05) is 0 Å². The summed E-state index contributed by atoms with van der Waals surface area (Å²) in [6.07, 6.45) is 5.79. The number of fused-ring (bicyclic) bond motifs is 1. The molecule has 0 aliphatic carbocycles. The van der Waals surface area contributed by atoms with Gasteiger partial charge in [-0.15, -0.1) is 0 Å². The second-order valence-electron chi connectivity index (χ2n) is 4.81. The van der Waals surface area contributed by atoms with E-state index in [9.17, 15) is 0 Å². The number of imidazole rings is 1. The van der Waals surface area contributed by atoms with Gasteiger partial charge in [0, 0.05) is 12.8 Å². The van der Waals surface area contributed by atoms with Crippen LogP contribution in [0.25, 0.3) is 11.0 Å². The minimum atomic E-state index is -0.0467. The van der Waals surface area contributed by atoms with E-state index >= 15 is 0 Å². The van der Waals surface area contributed by atoms with Gasteiger partial charge >= 0.3 is 0 Å². The normalized spacial score (nSPS) is 25.2. The quantitative estimate of drug-likeness (QED) is 0.790. The molecule has 1 atom stereocenters. The van der Waals surface area contributed by atoms with Crippen LogP contribution in [-0.4, -0.2) is 27.7 Å². The standard InChI is InChI=1S/C12H15N3OS/c1-12(4-2-6-16-8-12)15-10-3-5-13-7-9(10)14-11(15)17/h3,5,7H,2,4,6,8H2,1H3,(H,14,17). The molecule has 0 amide bonds. The predicted octanol–water partition coefficient (Wildman–Crippen LogP) is 2.62. The number of ether oxygens (including phenoxy) is 1. The van der Waals surface area contributed by atoms with Gasteiger partial charge in [-0.2, -0.15) is 0 Å². The van der Waals surface area contributed by atoms with Gasteiger partial charge in [0.1, 0.15) is 0 Å². The van der Waals surface area contributed by atoms with Crippen molar-refractivity contribution in [2.75, 3.05) is 13.2 Å². The predicted molar refractivity (Wildman–Crippen MR) is 68.6 cm³/mol. The molecule has 1 unspecified atom stereocenters. The summed E-state index contributed by atoms with van der Waals surface area (Å²) in [5.74, 6) is 0. The van der Waals surface area contributed by atoms with Gasteiger partial charge in [0.25, 0.3) is 0 Å². The molecule has 0 bridgehead atoms. The van der Waals surface area contributed by atoms with Crippen molar-refractivity contribution in [3.63, 3.8) is 0 Å². The Hall–Kier alpha value is -1.20. The van der Waals surface area contributed by atoms with E-state index in [0.717, 1.165) is 41.9 Å². The molecule has 1 fully saturated rings. The molecule has 0 saturated carbocycles. The fourth-order valence-electron chi connectivity index (χ4n) is 2.59. The molecule has 90 valence electrons. The van der Waals surface area contributed by atoms with Crippen molar-refractivity contribution in [1.82, 2.24) is 14.5 Å². The van der Waals surface area contributed by atoms with Gasteiger partial charge in [0.2, 0.25) is 0 Å². The zero-order valence-corrected chi connectivity index (χ0v) is 10.6. The first kappa shape index (κ1) is 10.9. The maximum atomic E-state index is 5.62. The molecular formula is C12H15N3OS. The highest BCUT2D eigenvalue weighted by molar-refractivity contribution is 7.71. The lowest BCUT2D eigenvalue weighted by Crippen LogP contribution is -2.39. The summed E-state index contributed by atoms with van der Waals surface area (Å²) in [5.41, 5.74) is 2.05. The van der Waals surface area contributed by atoms with Crippen LogP contribution in [0.5, 0.6) is 0 Å². The first-order valence-corrected chi connectivity index (χ1v) is 6.24. The number of aromatic amines is 1. The molecule has 3 rings (SSSR count). The maximum absolute atomic E-state index is 5.62. The Balaban J connectivity index is 2.22. The van der Waals surface area contributed by atoms with Crippen LogP contribution in [-0.2, 0) is 10.3 Å². The van der Waals surface area contributed by atoms with Gasteiger partial charge in [0.15, 0.2) is 4.77 Å². The van der Waals surface area contributed by atoms with Crippen LogP contribution in [0.1, 0.15) is 19.8 Å². The highest BCUT2D eigenvalue weighted by atomic mass is 32.1. The van der Waals surface area contributed by atoms with Crippen LogP contribution in [0.4, 0.5) is 0 Å². The Labute approximate surface area is 105 Å². The molecule has 2 aromatic rings. The van der Waals surface area contributed by atoms with Crippen molar-refractivity contribution in [2.24, 2.45) is 0 Å². The SMILES string of the molecule is CC1(n2c(=S)[nH]c3cnccc32)CCCOC1. The van der Waals surface area contributed by atoms with Crippen molar-refractivity contribution in [3.8, 4) is 0 Å². The number of rotatable bonds is 1. The number of hydrogen-bond acceptors (Lipinski definition) is 3. The first-order valence-electron chi connectivity index (χ1n) is 5.84. The summed E-state index contributed by atoms with van der Waals surface area (Å²) in [6, 6.07) is 2.00. The largest absolute Gasteiger partial charge is 0.379 e. The van der Waals surface area contributed by atoms with E-state index in [1.807, 2.05) is 12.3 Å². The van der Waals surface area contributed by atoms with E-state index in [1.165, 1.54) is 0 Å². The Bertz CT molecular complexity index is 595. The Morgan fingerprint density at radius 2 is 2.47 bits per heavy atom. The van der Waals surface area contributed by atoms with E-state index < -0.39 is 0 Å². The molecule has 2 aromatic heterocycles. The lowest BCUT2D eigenvalue weighted by molar-refractivity contribution is 0.0108. The van der Waals surface area contributed by atoms with E-state index in [2.05, 4.69) is 21.5 Å². The minimum absolute atomic E-state index is 0.0467. The maximum Gasteiger partial charge on any atom is 0.178 e.